The average Bonchev–Trinajstić information content (AvgIpc) is 2.27. The molecule has 0 aliphatic rings. The molecule has 0 radical (unpaired) electrons. The van der Waals surface area contributed by atoms with Crippen LogP contribution in [-0.4, -0.2) is 30.0 Å². The quantitative estimate of drug-likeness (QED) is 0.607. The molecule has 0 aliphatic carbocycles. The Morgan fingerprint density at radius 2 is 2.22 bits per heavy atom. The second-order valence-electron chi connectivity index (χ2n) is 4.26. The molecule has 0 atom stereocenters. The molecule has 0 saturated heterocycles. The molecule has 0 amide bonds. The van der Waals surface area contributed by atoms with Gasteiger partial charge in [-0.25, -0.2) is 4.79 Å². The maximum absolute atomic E-state index is 11.1. The van der Waals surface area contributed by atoms with Crippen molar-refractivity contribution in [1.82, 2.24) is 0 Å². The molecule has 0 aromatic heterocycles. The summed E-state index contributed by atoms with van der Waals surface area (Å²) in [6, 6.07) is 5.18. The van der Waals surface area contributed by atoms with Gasteiger partial charge in [-0.1, -0.05) is 29.8 Å². The Morgan fingerprint density at radius 1 is 1.50 bits per heavy atom. The molecular formula is C13H17BrO3S. The monoisotopic (exact) mass is 332 g/mol. The van der Waals surface area contributed by atoms with E-state index in [4.69, 9.17) is 9.84 Å². The molecule has 1 aromatic carbocycles. The van der Waals surface area contributed by atoms with Crippen LogP contribution in [0, 0.1) is 5.92 Å². The second kappa shape index (κ2) is 7.81. The molecule has 1 N–H and O–H groups in total. The lowest BCUT2D eigenvalue weighted by molar-refractivity contribution is 0.0693. The summed E-state index contributed by atoms with van der Waals surface area (Å²) in [5, 5.41) is 9.07. The van der Waals surface area contributed by atoms with Crippen LogP contribution in [0.5, 0.6) is 0 Å². The summed E-state index contributed by atoms with van der Waals surface area (Å²) >= 11 is 4.85. The van der Waals surface area contributed by atoms with Gasteiger partial charge in [0.1, 0.15) is 0 Å². The molecule has 100 valence electrons. The predicted octanol–water partition coefficient (Wildman–Crippen LogP) is 3.91. The van der Waals surface area contributed by atoms with E-state index >= 15 is 0 Å². The number of ether oxygens (including phenoxy) is 1. The molecule has 5 heteroatoms. The van der Waals surface area contributed by atoms with Crippen molar-refractivity contribution in [3.05, 3.63) is 28.2 Å². The van der Waals surface area contributed by atoms with E-state index < -0.39 is 5.97 Å². The SMILES string of the molecule is CC(C)COCCSc1cc(Br)ccc1C(=O)O. The molecule has 1 aromatic rings. The van der Waals surface area contributed by atoms with Crippen LogP contribution >= 0.6 is 27.7 Å². The third-order valence-electron chi connectivity index (χ3n) is 2.11. The van der Waals surface area contributed by atoms with Crippen molar-refractivity contribution in [3.63, 3.8) is 0 Å². The lowest BCUT2D eigenvalue weighted by atomic mass is 10.2. The summed E-state index contributed by atoms with van der Waals surface area (Å²) < 4.78 is 6.35. The third kappa shape index (κ3) is 5.42. The van der Waals surface area contributed by atoms with Gasteiger partial charge in [0.15, 0.2) is 0 Å². The molecule has 0 fully saturated rings. The number of rotatable bonds is 7. The first-order valence-corrected chi connectivity index (χ1v) is 7.52. The number of benzene rings is 1. The smallest absolute Gasteiger partial charge is 0.336 e. The average molecular weight is 333 g/mol. The second-order valence-corrected chi connectivity index (χ2v) is 6.32. The van der Waals surface area contributed by atoms with E-state index in [1.54, 1.807) is 12.1 Å². The molecule has 0 unspecified atom stereocenters. The van der Waals surface area contributed by atoms with E-state index in [0.29, 0.717) is 18.1 Å². The van der Waals surface area contributed by atoms with Gasteiger partial charge in [0, 0.05) is 21.7 Å². The number of aromatic carboxylic acids is 1. The van der Waals surface area contributed by atoms with Gasteiger partial charge in [0.05, 0.1) is 12.2 Å². The number of hydrogen-bond donors (Lipinski definition) is 1. The largest absolute Gasteiger partial charge is 0.478 e. The molecule has 0 aliphatic heterocycles. The Kier molecular flexibility index (Phi) is 6.75. The fourth-order valence-electron chi connectivity index (χ4n) is 1.32. The van der Waals surface area contributed by atoms with E-state index in [9.17, 15) is 4.79 Å². The number of carboxylic acids is 1. The number of hydrogen-bond acceptors (Lipinski definition) is 3. The summed E-state index contributed by atoms with van der Waals surface area (Å²) in [5.41, 5.74) is 0.340. The zero-order chi connectivity index (χ0) is 13.5. The van der Waals surface area contributed by atoms with Crippen molar-refractivity contribution in [2.45, 2.75) is 18.7 Å². The molecule has 18 heavy (non-hydrogen) atoms. The highest BCUT2D eigenvalue weighted by molar-refractivity contribution is 9.10. The van der Waals surface area contributed by atoms with Gasteiger partial charge in [-0.05, 0) is 24.1 Å². The van der Waals surface area contributed by atoms with Crippen LogP contribution < -0.4 is 0 Å². The van der Waals surface area contributed by atoms with E-state index in [1.165, 1.54) is 11.8 Å². The lowest BCUT2D eigenvalue weighted by Gasteiger charge is -2.08. The molecule has 0 saturated carbocycles. The van der Waals surface area contributed by atoms with Gasteiger partial charge in [-0.3, -0.25) is 0 Å². The standard InChI is InChI=1S/C13H17BrO3S/c1-9(2)8-17-5-6-18-12-7-10(14)3-4-11(12)13(15)16/h3-4,7,9H,5-6,8H2,1-2H3,(H,15,16). The van der Waals surface area contributed by atoms with Crippen molar-refractivity contribution in [2.75, 3.05) is 19.0 Å². The minimum absolute atomic E-state index is 0.340. The van der Waals surface area contributed by atoms with Crippen LogP contribution in [0.25, 0.3) is 0 Å². The normalized spacial score (nSPS) is 10.9. The minimum Gasteiger partial charge on any atom is -0.478 e. The van der Waals surface area contributed by atoms with Gasteiger partial charge in [-0.15, -0.1) is 11.8 Å². The van der Waals surface area contributed by atoms with E-state index in [0.717, 1.165) is 21.7 Å². The Labute approximate surface area is 120 Å². The summed E-state index contributed by atoms with van der Waals surface area (Å²) in [5.74, 6) is 0.382. The van der Waals surface area contributed by atoms with Gasteiger partial charge in [0.25, 0.3) is 0 Å². The maximum atomic E-state index is 11.1. The molecule has 3 nitrogen and oxygen atoms in total. The van der Waals surface area contributed by atoms with Crippen molar-refractivity contribution in [3.8, 4) is 0 Å². The Morgan fingerprint density at radius 3 is 2.83 bits per heavy atom. The van der Waals surface area contributed by atoms with Crippen LogP contribution in [0.2, 0.25) is 0 Å². The first-order chi connectivity index (χ1) is 8.50. The van der Waals surface area contributed by atoms with E-state index in [-0.39, 0.29) is 0 Å². The molecule has 0 bridgehead atoms. The topological polar surface area (TPSA) is 46.5 Å². The molecule has 0 heterocycles. The Hall–Kier alpha value is -0.520. The zero-order valence-electron chi connectivity index (χ0n) is 10.5. The Bertz CT molecular complexity index is 407. The van der Waals surface area contributed by atoms with Crippen molar-refractivity contribution in [2.24, 2.45) is 5.92 Å². The van der Waals surface area contributed by atoms with Crippen molar-refractivity contribution >= 4 is 33.7 Å². The molecule has 1 rings (SSSR count). The molecule has 0 spiro atoms. The number of halogens is 1. The highest BCUT2D eigenvalue weighted by atomic mass is 79.9. The number of thioether (sulfide) groups is 1. The van der Waals surface area contributed by atoms with Gasteiger partial charge >= 0.3 is 5.97 Å². The Balaban J connectivity index is 2.50. The fraction of sp³-hybridized carbons (Fsp3) is 0.462. The van der Waals surface area contributed by atoms with Crippen LogP contribution in [0.4, 0.5) is 0 Å². The summed E-state index contributed by atoms with van der Waals surface area (Å²) in [7, 11) is 0. The zero-order valence-corrected chi connectivity index (χ0v) is 12.9. The van der Waals surface area contributed by atoms with Crippen LogP contribution in [0.3, 0.4) is 0 Å². The van der Waals surface area contributed by atoms with Gasteiger partial charge in [0.2, 0.25) is 0 Å². The minimum atomic E-state index is -0.895. The lowest BCUT2D eigenvalue weighted by Crippen LogP contribution is -2.05. The van der Waals surface area contributed by atoms with Crippen LogP contribution in [0.1, 0.15) is 24.2 Å². The number of carbonyl (C=O) groups is 1. The van der Waals surface area contributed by atoms with Gasteiger partial charge in [-0.2, -0.15) is 0 Å². The van der Waals surface area contributed by atoms with Crippen molar-refractivity contribution in [1.29, 1.82) is 0 Å². The first-order valence-electron chi connectivity index (χ1n) is 5.74. The fourth-order valence-corrected chi connectivity index (χ4v) is 2.78. The van der Waals surface area contributed by atoms with E-state index in [1.807, 2.05) is 6.07 Å². The maximum Gasteiger partial charge on any atom is 0.336 e. The predicted molar refractivity (Wildman–Crippen MR) is 77.5 cm³/mol. The number of carboxylic acid groups (broad SMARTS) is 1. The highest BCUT2D eigenvalue weighted by Gasteiger charge is 2.10. The van der Waals surface area contributed by atoms with Crippen LogP contribution in [-0.2, 0) is 4.74 Å². The summed E-state index contributed by atoms with van der Waals surface area (Å²) in [4.78, 5) is 11.8. The first kappa shape index (κ1) is 15.5. The molecular weight excluding hydrogens is 316 g/mol. The van der Waals surface area contributed by atoms with Crippen LogP contribution in [0.15, 0.2) is 27.6 Å². The summed E-state index contributed by atoms with van der Waals surface area (Å²) in [6.07, 6.45) is 0. The van der Waals surface area contributed by atoms with Crippen molar-refractivity contribution < 1.29 is 14.6 Å². The highest BCUT2D eigenvalue weighted by Crippen LogP contribution is 2.26. The van der Waals surface area contributed by atoms with Gasteiger partial charge < -0.3 is 9.84 Å². The van der Waals surface area contributed by atoms with E-state index in [2.05, 4.69) is 29.8 Å². The third-order valence-corrected chi connectivity index (χ3v) is 3.62. The summed E-state index contributed by atoms with van der Waals surface area (Å²) in [6.45, 7) is 5.58.